The van der Waals surface area contributed by atoms with E-state index in [-0.39, 0.29) is 18.5 Å². The number of hydrogen-bond donors (Lipinski definition) is 0. The molecule has 3 amide bonds. The average molecular weight is 409 g/mol. The third-order valence-electron chi connectivity index (χ3n) is 5.84. The van der Waals surface area contributed by atoms with E-state index in [4.69, 9.17) is 9.47 Å². The molecule has 0 spiro atoms. The summed E-state index contributed by atoms with van der Waals surface area (Å²) in [5.74, 6) is 1.33. The Labute approximate surface area is 176 Å². The smallest absolute Gasteiger partial charge is 0.325 e. The van der Waals surface area contributed by atoms with Crippen LogP contribution < -0.4 is 14.4 Å². The highest BCUT2D eigenvalue weighted by Gasteiger charge is 2.32. The van der Waals surface area contributed by atoms with E-state index in [0.29, 0.717) is 37.7 Å². The van der Waals surface area contributed by atoms with E-state index >= 15 is 0 Å². The fourth-order valence-corrected chi connectivity index (χ4v) is 4.05. The molecule has 0 unspecified atom stereocenters. The van der Waals surface area contributed by atoms with Crippen molar-refractivity contribution in [3.8, 4) is 11.5 Å². The van der Waals surface area contributed by atoms with Gasteiger partial charge in [0.1, 0.15) is 6.54 Å². The van der Waals surface area contributed by atoms with Gasteiger partial charge in [-0.3, -0.25) is 9.69 Å². The van der Waals surface area contributed by atoms with Crippen molar-refractivity contribution in [2.45, 2.75) is 19.9 Å². The monoisotopic (exact) mass is 409 g/mol. The van der Waals surface area contributed by atoms with E-state index < -0.39 is 0 Å². The Bertz CT molecular complexity index is 958. The van der Waals surface area contributed by atoms with Crippen LogP contribution in [0.15, 0.2) is 36.4 Å². The Kier molecular flexibility index (Phi) is 5.53. The lowest BCUT2D eigenvalue weighted by molar-refractivity contribution is -0.132. The van der Waals surface area contributed by atoms with Crippen molar-refractivity contribution in [1.29, 1.82) is 0 Å². The first kappa shape index (κ1) is 20.1. The Hall–Kier alpha value is -3.22. The molecule has 1 fully saturated rings. The summed E-state index contributed by atoms with van der Waals surface area (Å²) in [6, 6.07) is 11.7. The lowest BCUT2D eigenvalue weighted by Gasteiger charge is -2.31. The van der Waals surface area contributed by atoms with E-state index in [1.807, 2.05) is 48.2 Å². The molecular weight excluding hydrogens is 382 g/mol. The number of hydrogen-bond acceptors (Lipinski definition) is 4. The van der Waals surface area contributed by atoms with Gasteiger partial charge in [-0.05, 0) is 48.7 Å². The Morgan fingerprint density at radius 2 is 1.63 bits per heavy atom. The first-order valence-corrected chi connectivity index (χ1v) is 10.1. The molecule has 0 aromatic heterocycles. The van der Waals surface area contributed by atoms with Gasteiger partial charge in [0, 0.05) is 31.9 Å². The summed E-state index contributed by atoms with van der Waals surface area (Å²) in [6.07, 6.45) is 0.755. The fraction of sp³-hybridized carbons (Fsp3) is 0.391. The minimum Gasteiger partial charge on any atom is -0.493 e. The summed E-state index contributed by atoms with van der Waals surface area (Å²) in [6.45, 7) is 4.40. The number of ether oxygens (including phenoxy) is 2. The molecule has 7 heteroatoms. The van der Waals surface area contributed by atoms with Crippen LogP contribution in [0.4, 0.5) is 10.5 Å². The van der Waals surface area contributed by atoms with Crippen molar-refractivity contribution >= 4 is 17.6 Å². The molecule has 30 heavy (non-hydrogen) atoms. The number of anilines is 1. The molecule has 2 aromatic rings. The molecule has 0 N–H and O–H groups in total. The molecule has 0 saturated carbocycles. The number of nitrogens with zero attached hydrogens (tertiary/aromatic N) is 3. The molecule has 2 aliphatic rings. The molecule has 4 rings (SSSR count). The minimum atomic E-state index is -0.115. The second kappa shape index (κ2) is 8.26. The standard InChI is InChI=1S/C23H27N3O4/c1-16-4-6-19(7-5-16)26-11-10-25(23(26)28)15-22(27)24-9-8-17-12-20(29-2)21(30-3)13-18(17)14-24/h4-7,12-13H,8-11,14-15H2,1-3H3. The van der Waals surface area contributed by atoms with Gasteiger partial charge in [-0.25, -0.2) is 4.79 Å². The number of carbonyl (C=O) groups excluding carboxylic acids is 2. The maximum absolute atomic E-state index is 12.9. The number of urea groups is 1. The van der Waals surface area contributed by atoms with Crippen molar-refractivity contribution < 1.29 is 19.1 Å². The van der Waals surface area contributed by atoms with Crippen LogP contribution in [0.1, 0.15) is 16.7 Å². The average Bonchev–Trinajstić information content (AvgIpc) is 3.12. The van der Waals surface area contributed by atoms with E-state index in [1.54, 1.807) is 24.0 Å². The van der Waals surface area contributed by atoms with Crippen LogP contribution in [0.2, 0.25) is 0 Å². The van der Waals surface area contributed by atoms with Crippen molar-refractivity contribution in [3.63, 3.8) is 0 Å². The molecule has 2 aliphatic heterocycles. The van der Waals surface area contributed by atoms with Gasteiger partial charge in [-0.15, -0.1) is 0 Å². The van der Waals surface area contributed by atoms with Crippen molar-refractivity contribution in [2.24, 2.45) is 0 Å². The predicted octanol–water partition coefficient (Wildman–Crippen LogP) is 2.84. The Morgan fingerprint density at radius 3 is 2.30 bits per heavy atom. The summed E-state index contributed by atoms with van der Waals surface area (Å²) in [5.41, 5.74) is 4.24. The zero-order chi connectivity index (χ0) is 21.3. The second-order valence-electron chi connectivity index (χ2n) is 7.73. The zero-order valence-corrected chi connectivity index (χ0v) is 17.7. The van der Waals surface area contributed by atoms with Crippen LogP contribution in [0.3, 0.4) is 0 Å². The van der Waals surface area contributed by atoms with Crippen LogP contribution in [-0.4, -0.2) is 62.1 Å². The molecule has 0 aliphatic carbocycles. The van der Waals surface area contributed by atoms with Crippen molar-refractivity contribution in [3.05, 3.63) is 53.1 Å². The molecule has 2 aromatic carbocycles. The highest BCUT2D eigenvalue weighted by atomic mass is 16.5. The first-order valence-electron chi connectivity index (χ1n) is 10.1. The van der Waals surface area contributed by atoms with Gasteiger partial charge < -0.3 is 19.3 Å². The molecule has 7 nitrogen and oxygen atoms in total. The lowest BCUT2D eigenvalue weighted by atomic mass is 9.98. The highest BCUT2D eigenvalue weighted by molar-refractivity contribution is 5.96. The Morgan fingerprint density at radius 1 is 0.967 bits per heavy atom. The van der Waals surface area contributed by atoms with E-state index in [1.165, 1.54) is 5.56 Å². The molecular formula is C23H27N3O4. The third kappa shape index (κ3) is 3.79. The van der Waals surface area contributed by atoms with E-state index in [0.717, 1.165) is 23.2 Å². The number of aryl methyl sites for hydroxylation is 1. The minimum absolute atomic E-state index is 0.0328. The van der Waals surface area contributed by atoms with Gasteiger partial charge in [0.2, 0.25) is 5.91 Å². The van der Waals surface area contributed by atoms with Gasteiger partial charge in [0.25, 0.3) is 0 Å². The van der Waals surface area contributed by atoms with E-state index in [9.17, 15) is 9.59 Å². The van der Waals surface area contributed by atoms with Gasteiger partial charge in [-0.2, -0.15) is 0 Å². The second-order valence-corrected chi connectivity index (χ2v) is 7.73. The summed E-state index contributed by atoms with van der Waals surface area (Å²) in [7, 11) is 3.23. The SMILES string of the molecule is COc1cc2c(cc1OC)CN(C(=O)CN1CCN(c3ccc(C)cc3)C1=O)CC2. The summed E-state index contributed by atoms with van der Waals surface area (Å²) >= 11 is 0. The Balaban J connectivity index is 1.41. The van der Waals surface area contributed by atoms with Crippen LogP contribution in [0.25, 0.3) is 0 Å². The number of rotatable bonds is 5. The molecule has 2 heterocycles. The topological polar surface area (TPSA) is 62.3 Å². The van der Waals surface area contributed by atoms with Crippen molar-refractivity contribution in [2.75, 3.05) is 45.3 Å². The normalized spacial score (nSPS) is 16.0. The van der Waals surface area contributed by atoms with Gasteiger partial charge in [-0.1, -0.05) is 17.7 Å². The molecule has 158 valence electrons. The number of amides is 3. The summed E-state index contributed by atoms with van der Waals surface area (Å²) in [5, 5.41) is 0. The highest BCUT2D eigenvalue weighted by Crippen LogP contribution is 2.33. The molecule has 0 atom stereocenters. The maximum Gasteiger partial charge on any atom is 0.325 e. The quantitative estimate of drug-likeness (QED) is 0.762. The largest absolute Gasteiger partial charge is 0.493 e. The van der Waals surface area contributed by atoms with Gasteiger partial charge in [0.15, 0.2) is 11.5 Å². The predicted molar refractivity (Wildman–Crippen MR) is 114 cm³/mol. The lowest BCUT2D eigenvalue weighted by Crippen LogP contribution is -2.44. The number of methoxy groups -OCH3 is 2. The van der Waals surface area contributed by atoms with Crippen LogP contribution in [-0.2, 0) is 17.8 Å². The first-order chi connectivity index (χ1) is 14.5. The zero-order valence-electron chi connectivity index (χ0n) is 17.7. The van der Waals surface area contributed by atoms with Gasteiger partial charge in [0.05, 0.1) is 14.2 Å². The molecule has 1 saturated heterocycles. The third-order valence-corrected chi connectivity index (χ3v) is 5.84. The fourth-order valence-electron chi connectivity index (χ4n) is 4.05. The summed E-state index contributed by atoms with van der Waals surface area (Å²) in [4.78, 5) is 30.9. The van der Waals surface area contributed by atoms with E-state index in [2.05, 4.69) is 0 Å². The number of fused-ring (bicyclic) bond motifs is 1. The number of carbonyl (C=O) groups is 2. The van der Waals surface area contributed by atoms with Crippen LogP contribution >= 0.6 is 0 Å². The molecule has 0 radical (unpaired) electrons. The van der Waals surface area contributed by atoms with Crippen LogP contribution in [0.5, 0.6) is 11.5 Å². The maximum atomic E-state index is 12.9. The van der Waals surface area contributed by atoms with Crippen LogP contribution in [0, 0.1) is 6.92 Å². The van der Waals surface area contributed by atoms with Gasteiger partial charge >= 0.3 is 6.03 Å². The molecule has 0 bridgehead atoms. The summed E-state index contributed by atoms with van der Waals surface area (Å²) < 4.78 is 10.8. The number of benzene rings is 2. The van der Waals surface area contributed by atoms with Crippen molar-refractivity contribution in [1.82, 2.24) is 9.80 Å².